The number of benzene rings is 2. The van der Waals surface area contributed by atoms with Crippen LogP contribution in [0.4, 0.5) is 5.13 Å². The van der Waals surface area contributed by atoms with Crippen LogP contribution < -0.4 is 5.32 Å². The molecule has 5 nitrogen and oxygen atoms in total. The molecule has 0 radical (unpaired) electrons. The topological polar surface area (TPSA) is 60.5 Å². The summed E-state index contributed by atoms with van der Waals surface area (Å²) in [4.78, 5) is 4.60. The second-order valence-corrected chi connectivity index (χ2v) is 8.96. The Hall–Kier alpha value is -1.72. The fourth-order valence-electron chi connectivity index (χ4n) is 2.69. The molecular weight excluding hydrogens is 367 g/mol. The molecule has 2 aromatic carbocycles. The van der Waals surface area contributed by atoms with Gasteiger partial charge in [-0.15, -0.1) is 0 Å². The highest BCUT2D eigenvalue weighted by Crippen LogP contribution is 2.61. The highest BCUT2D eigenvalue weighted by atomic mass is 32.1. The zero-order chi connectivity index (χ0) is 18.6. The lowest BCUT2D eigenvalue weighted by Gasteiger charge is -2.27. The lowest BCUT2D eigenvalue weighted by Crippen LogP contribution is -2.15. The molecule has 1 N–H and O–H groups in total. The first-order chi connectivity index (χ1) is 12.6. The first kappa shape index (κ1) is 19.1. The summed E-state index contributed by atoms with van der Waals surface area (Å²) in [6, 6.07) is 15.8. The van der Waals surface area contributed by atoms with E-state index in [1.54, 1.807) is 0 Å². The minimum atomic E-state index is -3.42. The lowest BCUT2D eigenvalue weighted by molar-refractivity contribution is 0.214. The Morgan fingerprint density at radius 3 is 2.35 bits per heavy atom. The molecule has 1 aromatic heterocycles. The van der Waals surface area contributed by atoms with Gasteiger partial charge in [0.1, 0.15) is 0 Å². The highest BCUT2D eigenvalue weighted by molar-refractivity contribution is 7.54. The van der Waals surface area contributed by atoms with Crippen LogP contribution >= 0.6 is 18.9 Å². The van der Waals surface area contributed by atoms with E-state index in [4.69, 9.17) is 9.05 Å². The van der Waals surface area contributed by atoms with Gasteiger partial charge in [-0.05, 0) is 38.5 Å². The number of anilines is 1. The Balaban J connectivity index is 2.01. The molecular formula is C19H23N2O3PS. The monoisotopic (exact) mass is 390 g/mol. The van der Waals surface area contributed by atoms with Gasteiger partial charge in [-0.2, -0.15) is 0 Å². The molecule has 0 amide bonds. The Bertz CT molecular complexity index is 868. The summed E-state index contributed by atoms with van der Waals surface area (Å²) in [5, 5.41) is 4.00. The van der Waals surface area contributed by atoms with Gasteiger partial charge in [-0.1, -0.05) is 53.3 Å². The van der Waals surface area contributed by atoms with Gasteiger partial charge in [-0.3, -0.25) is 4.57 Å². The predicted octanol–water partition coefficient (Wildman–Crippen LogP) is 5.98. The van der Waals surface area contributed by atoms with E-state index >= 15 is 0 Å². The number of hydrogen-bond acceptors (Lipinski definition) is 6. The van der Waals surface area contributed by atoms with Crippen molar-refractivity contribution in [1.29, 1.82) is 0 Å². The van der Waals surface area contributed by atoms with Crippen molar-refractivity contribution in [1.82, 2.24) is 4.98 Å². The average Bonchev–Trinajstić information content (AvgIpc) is 3.03. The van der Waals surface area contributed by atoms with Crippen molar-refractivity contribution in [2.45, 2.75) is 26.6 Å². The molecule has 1 atom stereocenters. The molecule has 26 heavy (non-hydrogen) atoms. The number of aromatic nitrogens is 1. The molecule has 0 spiro atoms. The molecule has 0 aliphatic heterocycles. The van der Waals surface area contributed by atoms with Crippen molar-refractivity contribution in [2.24, 2.45) is 0 Å². The van der Waals surface area contributed by atoms with E-state index in [0.29, 0.717) is 18.3 Å². The lowest BCUT2D eigenvalue weighted by atomic mass is 10.1. The van der Waals surface area contributed by atoms with E-state index in [1.807, 2.05) is 69.3 Å². The summed E-state index contributed by atoms with van der Waals surface area (Å²) < 4.78 is 25.8. The molecule has 0 fully saturated rings. The normalized spacial score (nSPS) is 13.0. The van der Waals surface area contributed by atoms with Crippen LogP contribution in [-0.2, 0) is 13.6 Å². The maximum Gasteiger partial charge on any atom is 0.357 e. The minimum Gasteiger partial charge on any atom is -0.344 e. The van der Waals surface area contributed by atoms with Crippen LogP contribution in [0.15, 0.2) is 48.5 Å². The summed E-state index contributed by atoms with van der Waals surface area (Å²) in [5.41, 5.74) is 2.89. The Morgan fingerprint density at radius 1 is 1.08 bits per heavy atom. The molecule has 0 saturated heterocycles. The van der Waals surface area contributed by atoms with E-state index in [2.05, 4.69) is 10.3 Å². The Labute approximate surface area is 157 Å². The zero-order valence-electron chi connectivity index (χ0n) is 15.1. The van der Waals surface area contributed by atoms with Crippen LogP contribution in [0.2, 0.25) is 0 Å². The van der Waals surface area contributed by atoms with Crippen LogP contribution in [0.3, 0.4) is 0 Å². The SMILES string of the molecule is CCOP(=O)(OCC)C(Nc1nc2ccccc2s1)c1ccc(C)cc1. The highest BCUT2D eigenvalue weighted by Gasteiger charge is 2.37. The molecule has 138 valence electrons. The number of nitrogens with one attached hydrogen (secondary N) is 1. The quantitative estimate of drug-likeness (QED) is 0.479. The van der Waals surface area contributed by atoms with Crippen LogP contribution in [0, 0.1) is 6.92 Å². The summed E-state index contributed by atoms with van der Waals surface area (Å²) in [7, 11) is -3.42. The second-order valence-electron chi connectivity index (χ2n) is 5.82. The molecule has 0 aliphatic rings. The Morgan fingerprint density at radius 2 is 1.73 bits per heavy atom. The number of aryl methyl sites for hydroxylation is 1. The van der Waals surface area contributed by atoms with E-state index < -0.39 is 13.4 Å². The summed E-state index contributed by atoms with van der Waals surface area (Å²) in [5.74, 6) is -0.622. The number of hydrogen-bond donors (Lipinski definition) is 1. The number of nitrogens with zero attached hydrogens (tertiary/aromatic N) is 1. The molecule has 0 bridgehead atoms. The van der Waals surface area contributed by atoms with Crippen LogP contribution in [0.5, 0.6) is 0 Å². The first-order valence-corrected chi connectivity index (χ1v) is 11.1. The first-order valence-electron chi connectivity index (χ1n) is 8.63. The summed E-state index contributed by atoms with van der Waals surface area (Å²) >= 11 is 1.52. The number of fused-ring (bicyclic) bond motifs is 1. The third-order valence-electron chi connectivity index (χ3n) is 3.88. The van der Waals surface area contributed by atoms with Gasteiger partial charge in [0.05, 0.1) is 23.4 Å². The molecule has 0 saturated carbocycles. The standard InChI is InChI=1S/C19H23N2O3PS/c1-4-23-25(22,24-5-2)18(15-12-10-14(3)11-13-15)21-19-20-16-8-6-7-9-17(16)26-19/h6-13,18H,4-5H2,1-3H3,(H,20,21). The smallest absolute Gasteiger partial charge is 0.344 e. The van der Waals surface area contributed by atoms with E-state index in [0.717, 1.165) is 21.3 Å². The second kappa shape index (κ2) is 8.31. The third-order valence-corrected chi connectivity index (χ3v) is 7.14. The molecule has 7 heteroatoms. The fourth-order valence-corrected chi connectivity index (χ4v) is 5.58. The van der Waals surface area contributed by atoms with Crippen LogP contribution in [0.25, 0.3) is 10.2 Å². The minimum absolute atomic E-state index is 0.307. The maximum atomic E-state index is 13.5. The number of para-hydroxylation sites is 1. The van der Waals surface area contributed by atoms with Gasteiger partial charge in [0.2, 0.25) is 0 Å². The van der Waals surface area contributed by atoms with Gasteiger partial charge in [-0.25, -0.2) is 4.98 Å². The van der Waals surface area contributed by atoms with Crippen molar-refractivity contribution in [2.75, 3.05) is 18.5 Å². The molecule has 3 rings (SSSR count). The van der Waals surface area contributed by atoms with Gasteiger partial charge < -0.3 is 14.4 Å². The molecule has 3 aromatic rings. The van der Waals surface area contributed by atoms with Crippen molar-refractivity contribution < 1.29 is 13.6 Å². The fraction of sp³-hybridized carbons (Fsp3) is 0.316. The number of thiazole rings is 1. The molecule has 1 heterocycles. The van der Waals surface area contributed by atoms with Crippen LogP contribution in [0.1, 0.15) is 30.8 Å². The van der Waals surface area contributed by atoms with Crippen molar-refractivity contribution in [3.63, 3.8) is 0 Å². The largest absolute Gasteiger partial charge is 0.357 e. The van der Waals surface area contributed by atoms with Crippen LogP contribution in [-0.4, -0.2) is 18.2 Å². The van der Waals surface area contributed by atoms with Gasteiger partial charge >= 0.3 is 7.60 Å². The maximum absolute atomic E-state index is 13.5. The summed E-state index contributed by atoms with van der Waals surface area (Å²) in [6.07, 6.45) is 0. The van der Waals surface area contributed by atoms with Crippen molar-refractivity contribution in [3.05, 3.63) is 59.7 Å². The van der Waals surface area contributed by atoms with E-state index in [9.17, 15) is 4.57 Å². The van der Waals surface area contributed by atoms with E-state index in [-0.39, 0.29) is 0 Å². The summed E-state index contributed by atoms with van der Waals surface area (Å²) in [6.45, 7) is 6.26. The number of rotatable bonds is 8. The third kappa shape index (κ3) is 4.15. The van der Waals surface area contributed by atoms with Gasteiger partial charge in [0.25, 0.3) is 0 Å². The van der Waals surface area contributed by atoms with Gasteiger partial charge in [0, 0.05) is 0 Å². The van der Waals surface area contributed by atoms with E-state index in [1.165, 1.54) is 11.3 Å². The zero-order valence-corrected chi connectivity index (χ0v) is 16.8. The Kier molecular flexibility index (Phi) is 6.09. The van der Waals surface area contributed by atoms with Crippen molar-refractivity contribution in [3.8, 4) is 0 Å². The molecule has 0 aliphatic carbocycles. The predicted molar refractivity (Wildman–Crippen MR) is 108 cm³/mol. The van der Waals surface area contributed by atoms with Crippen molar-refractivity contribution >= 4 is 34.3 Å². The molecule has 1 unspecified atom stereocenters. The van der Waals surface area contributed by atoms with Gasteiger partial charge in [0.15, 0.2) is 10.9 Å². The average molecular weight is 390 g/mol.